The Morgan fingerprint density at radius 2 is 1.97 bits per heavy atom. The van der Waals surface area contributed by atoms with Gasteiger partial charge in [0, 0.05) is 30.2 Å². The molecule has 4 rings (SSSR count). The number of carbonyl (C=O) groups excluding carboxylic acids is 1. The number of benzene rings is 2. The highest BCUT2D eigenvalue weighted by atomic mass is 32.2. The fourth-order valence-corrected chi connectivity index (χ4v) is 4.13. The smallest absolute Gasteiger partial charge is 0.230 e. The fraction of sp³-hybridized carbons (Fsp3) is 0.273. The van der Waals surface area contributed by atoms with Gasteiger partial charge in [0.1, 0.15) is 13.2 Å². The van der Waals surface area contributed by atoms with Crippen molar-refractivity contribution < 1.29 is 14.3 Å². The van der Waals surface area contributed by atoms with Crippen LogP contribution < -0.4 is 14.8 Å². The van der Waals surface area contributed by atoms with Crippen LogP contribution in [0.5, 0.6) is 11.5 Å². The molecule has 150 valence electrons. The Morgan fingerprint density at radius 1 is 1.17 bits per heavy atom. The monoisotopic (exact) mass is 409 g/mol. The number of hydrogen-bond donors (Lipinski definition) is 1. The molecular weight excluding hydrogens is 386 g/mol. The number of imidazole rings is 1. The number of thioether (sulfide) groups is 1. The van der Waals surface area contributed by atoms with Gasteiger partial charge >= 0.3 is 0 Å². The van der Waals surface area contributed by atoms with E-state index in [1.54, 1.807) is 6.20 Å². The molecule has 1 amide bonds. The summed E-state index contributed by atoms with van der Waals surface area (Å²) in [6, 6.07) is 12.1. The highest BCUT2D eigenvalue weighted by molar-refractivity contribution is 7.99. The molecule has 2 heterocycles. The van der Waals surface area contributed by atoms with Crippen molar-refractivity contribution in [3.63, 3.8) is 0 Å². The lowest BCUT2D eigenvalue weighted by molar-refractivity contribution is -0.118. The second-order valence-electron chi connectivity index (χ2n) is 6.93. The maximum absolute atomic E-state index is 12.4. The first-order chi connectivity index (χ1) is 14.1. The van der Waals surface area contributed by atoms with Gasteiger partial charge < -0.3 is 14.8 Å². The Hall–Kier alpha value is -2.93. The lowest BCUT2D eigenvalue weighted by atomic mass is 10.1. The van der Waals surface area contributed by atoms with E-state index in [0.717, 1.165) is 27.9 Å². The van der Waals surface area contributed by atoms with Crippen LogP contribution in [0.4, 0.5) is 0 Å². The average molecular weight is 410 g/mol. The number of fused-ring (bicyclic) bond motifs is 1. The van der Waals surface area contributed by atoms with Gasteiger partial charge in [0.05, 0.1) is 5.75 Å². The van der Waals surface area contributed by atoms with E-state index in [1.165, 1.54) is 22.9 Å². The first-order valence-electron chi connectivity index (χ1n) is 9.49. The quantitative estimate of drug-likeness (QED) is 0.630. The lowest BCUT2D eigenvalue weighted by Gasteiger charge is -2.21. The summed E-state index contributed by atoms with van der Waals surface area (Å²) in [6.07, 6.45) is 3.67. The van der Waals surface area contributed by atoms with Gasteiger partial charge in [-0.3, -0.25) is 9.36 Å². The standard InChI is InChI=1S/C22H23N3O3S/c1-15-10-16(2)12-18(11-15)25-7-6-23-22(25)29-14-20(26)24-13-17-4-3-5-19-21(17)28-9-8-27-19/h3-7,10-12H,8-9,13-14H2,1-2H3,(H,24,26). The fourth-order valence-electron chi connectivity index (χ4n) is 3.33. The summed E-state index contributed by atoms with van der Waals surface area (Å²) in [5.41, 5.74) is 4.35. The third-order valence-corrected chi connectivity index (χ3v) is 5.51. The van der Waals surface area contributed by atoms with Crippen molar-refractivity contribution in [3.8, 4) is 17.2 Å². The second-order valence-corrected chi connectivity index (χ2v) is 7.87. The number of aryl methyl sites for hydroxylation is 2. The Bertz CT molecular complexity index is 1010. The molecule has 0 saturated carbocycles. The SMILES string of the molecule is Cc1cc(C)cc(-n2ccnc2SCC(=O)NCc2cccc3c2OCCO3)c1. The van der Waals surface area contributed by atoms with Crippen LogP contribution in [-0.4, -0.2) is 34.4 Å². The summed E-state index contributed by atoms with van der Waals surface area (Å²) in [7, 11) is 0. The van der Waals surface area contributed by atoms with E-state index in [2.05, 4.69) is 42.3 Å². The molecule has 3 aromatic rings. The van der Waals surface area contributed by atoms with Gasteiger partial charge in [-0.15, -0.1) is 0 Å². The molecule has 2 aromatic carbocycles. The molecule has 0 atom stereocenters. The van der Waals surface area contributed by atoms with Gasteiger partial charge in [-0.25, -0.2) is 4.98 Å². The minimum absolute atomic E-state index is 0.0562. The first-order valence-corrected chi connectivity index (χ1v) is 10.5. The Labute approximate surface area is 174 Å². The second kappa shape index (κ2) is 8.61. The van der Waals surface area contributed by atoms with Crippen LogP contribution in [0.25, 0.3) is 5.69 Å². The molecule has 0 saturated heterocycles. The highest BCUT2D eigenvalue weighted by Gasteiger charge is 2.16. The molecule has 1 aromatic heterocycles. The molecule has 0 bridgehead atoms. The number of rotatable bonds is 6. The summed E-state index contributed by atoms with van der Waals surface area (Å²) in [5.74, 6) is 1.68. The predicted octanol–water partition coefficient (Wildman–Crippen LogP) is 3.67. The Balaban J connectivity index is 1.37. The molecule has 0 fully saturated rings. The predicted molar refractivity (Wildman–Crippen MR) is 113 cm³/mol. The van der Waals surface area contributed by atoms with Crippen molar-refractivity contribution in [2.24, 2.45) is 0 Å². The van der Waals surface area contributed by atoms with Crippen molar-refractivity contribution in [1.29, 1.82) is 0 Å². The summed E-state index contributed by atoms with van der Waals surface area (Å²) >= 11 is 1.42. The number of carbonyl (C=O) groups is 1. The zero-order valence-corrected chi connectivity index (χ0v) is 17.3. The zero-order chi connectivity index (χ0) is 20.2. The molecule has 0 radical (unpaired) electrons. The molecule has 0 aliphatic carbocycles. The van der Waals surface area contributed by atoms with E-state index in [-0.39, 0.29) is 11.7 Å². The number of nitrogens with zero attached hydrogens (tertiary/aromatic N) is 2. The molecule has 0 spiro atoms. The van der Waals surface area contributed by atoms with E-state index in [4.69, 9.17) is 9.47 Å². The van der Waals surface area contributed by atoms with Gasteiger partial charge in [0.2, 0.25) is 5.91 Å². The third kappa shape index (κ3) is 4.56. The third-order valence-electron chi connectivity index (χ3n) is 4.55. The van der Waals surface area contributed by atoms with Gasteiger partial charge in [0.25, 0.3) is 0 Å². The van der Waals surface area contributed by atoms with E-state index < -0.39 is 0 Å². The summed E-state index contributed by atoms with van der Waals surface area (Å²) in [5, 5.41) is 3.75. The molecular formula is C22H23N3O3S. The number of amides is 1. The van der Waals surface area contributed by atoms with Gasteiger partial charge in [-0.2, -0.15) is 0 Å². The van der Waals surface area contributed by atoms with Crippen LogP contribution in [0, 0.1) is 13.8 Å². The van der Waals surface area contributed by atoms with Crippen molar-refractivity contribution in [1.82, 2.24) is 14.9 Å². The van der Waals surface area contributed by atoms with Crippen LogP contribution >= 0.6 is 11.8 Å². The minimum Gasteiger partial charge on any atom is -0.486 e. The van der Waals surface area contributed by atoms with E-state index in [0.29, 0.717) is 19.8 Å². The lowest BCUT2D eigenvalue weighted by Crippen LogP contribution is -2.26. The summed E-state index contributed by atoms with van der Waals surface area (Å²) < 4.78 is 13.3. The van der Waals surface area contributed by atoms with Crippen molar-refractivity contribution >= 4 is 17.7 Å². The number of para-hydroxylation sites is 1. The molecule has 1 aliphatic heterocycles. The van der Waals surface area contributed by atoms with Gasteiger partial charge in [-0.05, 0) is 43.2 Å². The van der Waals surface area contributed by atoms with Gasteiger partial charge in [-0.1, -0.05) is 30.0 Å². The maximum atomic E-state index is 12.4. The topological polar surface area (TPSA) is 65.4 Å². The molecule has 0 unspecified atom stereocenters. The number of nitrogens with one attached hydrogen (secondary N) is 1. The Kier molecular flexibility index (Phi) is 5.76. The van der Waals surface area contributed by atoms with Crippen molar-refractivity contribution in [2.45, 2.75) is 25.5 Å². The minimum atomic E-state index is -0.0562. The zero-order valence-electron chi connectivity index (χ0n) is 16.5. The molecule has 29 heavy (non-hydrogen) atoms. The summed E-state index contributed by atoms with van der Waals surface area (Å²) in [6.45, 7) is 5.62. The van der Waals surface area contributed by atoms with Crippen LogP contribution in [0.3, 0.4) is 0 Å². The van der Waals surface area contributed by atoms with E-state index in [9.17, 15) is 4.79 Å². The number of hydrogen-bond acceptors (Lipinski definition) is 5. The highest BCUT2D eigenvalue weighted by Crippen LogP contribution is 2.33. The van der Waals surface area contributed by atoms with Crippen LogP contribution in [0.15, 0.2) is 53.9 Å². The van der Waals surface area contributed by atoms with Crippen molar-refractivity contribution in [2.75, 3.05) is 19.0 Å². The largest absolute Gasteiger partial charge is 0.486 e. The van der Waals surface area contributed by atoms with E-state index >= 15 is 0 Å². The maximum Gasteiger partial charge on any atom is 0.230 e. The molecule has 7 heteroatoms. The van der Waals surface area contributed by atoms with Gasteiger partial charge in [0.15, 0.2) is 16.7 Å². The molecule has 1 aliphatic rings. The van der Waals surface area contributed by atoms with Crippen LogP contribution in [0.2, 0.25) is 0 Å². The van der Waals surface area contributed by atoms with Crippen LogP contribution in [-0.2, 0) is 11.3 Å². The van der Waals surface area contributed by atoms with E-state index in [1.807, 2.05) is 29.0 Å². The van der Waals surface area contributed by atoms with Crippen LogP contribution in [0.1, 0.15) is 16.7 Å². The normalized spacial score (nSPS) is 12.6. The first kappa shape index (κ1) is 19.4. The van der Waals surface area contributed by atoms with Crippen molar-refractivity contribution in [3.05, 3.63) is 65.5 Å². The number of ether oxygens (including phenoxy) is 2. The average Bonchev–Trinajstić information content (AvgIpc) is 3.18. The Morgan fingerprint density at radius 3 is 2.79 bits per heavy atom. The molecule has 6 nitrogen and oxygen atoms in total. The number of aromatic nitrogens is 2. The molecule has 1 N–H and O–H groups in total. The summed E-state index contributed by atoms with van der Waals surface area (Å²) in [4.78, 5) is 16.8.